The first-order valence-corrected chi connectivity index (χ1v) is 12.0. The number of ether oxygens (including phenoxy) is 4. The quantitative estimate of drug-likeness (QED) is 0.424. The van der Waals surface area contributed by atoms with E-state index in [1.807, 2.05) is 30.3 Å². The minimum absolute atomic E-state index is 0.130. The van der Waals surface area contributed by atoms with Crippen molar-refractivity contribution in [3.63, 3.8) is 0 Å². The molecule has 4 rings (SSSR count). The summed E-state index contributed by atoms with van der Waals surface area (Å²) < 4.78 is 22.9. The van der Waals surface area contributed by atoms with Crippen LogP contribution in [0.1, 0.15) is 28.3 Å². The van der Waals surface area contributed by atoms with Gasteiger partial charge in [0.1, 0.15) is 6.61 Å². The van der Waals surface area contributed by atoms with Gasteiger partial charge in [0.25, 0.3) is 0 Å². The maximum atomic E-state index is 6.30. The van der Waals surface area contributed by atoms with Gasteiger partial charge >= 0.3 is 0 Å². The first kappa shape index (κ1) is 24.7. The lowest BCUT2D eigenvalue weighted by Crippen LogP contribution is -2.44. The van der Waals surface area contributed by atoms with E-state index in [0.717, 1.165) is 30.0 Å². The lowest BCUT2D eigenvalue weighted by Gasteiger charge is -2.39. The van der Waals surface area contributed by atoms with Gasteiger partial charge in [-0.2, -0.15) is 0 Å². The number of rotatable bonds is 7. The van der Waals surface area contributed by atoms with Gasteiger partial charge in [0, 0.05) is 12.2 Å². The predicted octanol–water partition coefficient (Wildman–Crippen LogP) is 5.70. The standard InChI is InChI=1S/C28H32N2O4S/c1-18-12-19(2)14-21(13-18)29-28(35)30-11-10-20-15-26(32-4)27(33-5)16-22(20)23(30)17-34-25-9-7-6-8-24(25)31-3/h6-9,12-16,23H,10-11,17H2,1-5H3,(H,29,35)/t23-/m1/s1. The number of fused-ring (bicyclic) bond motifs is 1. The molecule has 184 valence electrons. The Hall–Kier alpha value is -3.45. The van der Waals surface area contributed by atoms with Gasteiger partial charge < -0.3 is 29.2 Å². The van der Waals surface area contributed by atoms with Crippen molar-refractivity contribution in [3.8, 4) is 23.0 Å². The fourth-order valence-corrected chi connectivity index (χ4v) is 4.94. The summed E-state index contributed by atoms with van der Waals surface area (Å²) in [6.07, 6.45) is 0.829. The van der Waals surface area contributed by atoms with Crippen molar-refractivity contribution < 1.29 is 18.9 Å². The van der Waals surface area contributed by atoms with Crippen molar-refractivity contribution in [2.45, 2.75) is 26.3 Å². The Balaban J connectivity index is 1.67. The molecular formula is C28H32N2O4S. The fraction of sp³-hybridized carbons (Fsp3) is 0.321. The second-order valence-electron chi connectivity index (χ2n) is 8.63. The molecule has 0 aromatic heterocycles. The lowest BCUT2D eigenvalue weighted by atomic mass is 9.92. The van der Waals surface area contributed by atoms with Gasteiger partial charge in [0.05, 0.1) is 27.4 Å². The van der Waals surface area contributed by atoms with Crippen molar-refractivity contribution in [3.05, 3.63) is 76.9 Å². The molecule has 1 aliphatic heterocycles. The molecule has 1 heterocycles. The molecular weight excluding hydrogens is 460 g/mol. The predicted molar refractivity (Wildman–Crippen MR) is 143 cm³/mol. The number of thiocarbonyl (C=S) groups is 1. The Morgan fingerprint density at radius 1 is 0.886 bits per heavy atom. The van der Waals surface area contributed by atoms with Gasteiger partial charge in [0.15, 0.2) is 28.1 Å². The van der Waals surface area contributed by atoms with Crippen molar-refractivity contribution in [1.82, 2.24) is 4.90 Å². The fourth-order valence-electron chi connectivity index (χ4n) is 4.60. The van der Waals surface area contributed by atoms with Gasteiger partial charge in [-0.25, -0.2) is 0 Å². The van der Waals surface area contributed by atoms with E-state index >= 15 is 0 Å². The lowest BCUT2D eigenvalue weighted by molar-refractivity contribution is 0.185. The Labute approximate surface area is 212 Å². The van der Waals surface area contributed by atoms with E-state index in [1.165, 1.54) is 16.7 Å². The van der Waals surface area contributed by atoms with Crippen molar-refractivity contribution in [2.75, 3.05) is 39.8 Å². The summed E-state index contributed by atoms with van der Waals surface area (Å²) in [7, 11) is 4.95. The van der Waals surface area contributed by atoms with Crippen molar-refractivity contribution in [2.24, 2.45) is 0 Å². The molecule has 3 aromatic rings. The summed E-state index contributed by atoms with van der Waals surface area (Å²) in [5.74, 6) is 2.79. The molecule has 0 aliphatic carbocycles. The Morgan fingerprint density at radius 3 is 2.17 bits per heavy atom. The third-order valence-corrected chi connectivity index (χ3v) is 6.54. The highest BCUT2D eigenvalue weighted by molar-refractivity contribution is 7.80. The first-order valence-electron chi connectivity index (χ1n) is 11.6. The smallest absolute Gasteiger partial charge is 0.174 e. The number of benzene rings is 3. The summed E-state index contributed by atoms with van der Waals surface area (Å²) in [4.78, 5) is 2.19. The van der Waals surface area contributed by atoms with Crippen LogP contribution in [0.3, 0.4) is 0 Å². The van der Waals surface area contributed by atoms with Gasteiger partial charge in [-0.3, -0.25) is 0 Å². The molecule has 1 atom stereocenters. The van der Waals surface area contributed by atoms with E-state index in [1.54, 1.807) is 21.3 Å². The SMILES string of the molecule is COc1cc2c(cc1OC)[C@@H](COc1ccccc1OC)N(C(=S)Nc1cc(C)cc(C)c1)CC2. The number of nitrogens with zero attached hydrogens (tertiary/aromatic N) is 1. The van der Waals surface area contributed by atoms with Crippen LogP contribution in [0.2, 0.25) is 0 Å². The maximum Gasteiger partial charge on any atom is 0.174 e. The monoisotopic (exact) mass is 492 g/mol. The third kappa shape index (κ3) is 5.46. The van der Waals surface area contributed by atoms with E-state index in [2.05, 4.69) is 48.3 Å². The van der Waals surface area contributed by atoms with Crippen molar-refractivity contribution >= 4 is 23.0 Å². The van der Waals surface area contributed by atoms with Gasteiger partial charge in [-0.1, -0.05) is 18.2 Å². The Morgan fingerprint density at radius 2 is 1.51 bits per heavy atom. The van der Waals surface area contributed by atoms with Gasteiger partial charge in [0.2, 0.25) is 0 Å². The molecule has 0 amide bonds. The van der Waals surface area contributed by atoms with Crippen LogP contribution in [0.15, 0.2) is 54.6 Å². The van der Waals surface area contributed by atoms with E-state index in [9.17, 15) is 0 Å². The van der Waals surface area contributed by atoms with Crippen LogP contribution in [0.4, 0.5) is 5.69 Å². The topological polar surface area (TPSA) is 52.2 Å². The highest BCUT2D eigenvalue weighted by Crippen LogP contribution is 2.39. The zero-order valence-electron chi connectivity index (χ0n) is 20.9. The number of methoxy groups -OCH3 is 3. The van der Waals surface area contributed by atoms with Crippen LogP contribution in [0.5, 0.6) is 23.0 Å². The Bertz CT molecular complexity index is 1190. The summed E-state index contributed by atoms with van der Waals surface area (Å²) in [6.45, 7) is 5.31. The zero-order valence-corrected chi connectivity index (χ0v) is 21.7. The molecule has 6 nitrogen and oxygen atoms in total. The summed E-state index contributed by atoms with van der Waals surface area (Å²) in [6, 6.07) is 18.0. The largest absolute Gasteiger partial charge is 0.493 e. The molecule has 0 fully saturated rings. The highest BCUT2D eigenvalue weighted by atomic mass is 32.1. The molecule has 0 unspecified atom stereocenters. The third-order valence-electron chi connectivity index (χ3n) is 6.20. The summed E-state index contributed by atoms with van der Waals surface area (Å²) in [5, 5.41) is 4.10. The highest BCUT2D eigenvalue weighted by Gasteiger charge is 2.31. The molecule has 7 heteroatoms. The minimum atomic E-state index is -0.130. The molecule has 0 spiro atoms. The van der Waals surface area contributed by atoms with E-state index < -0.39 is 0 Å². The average Bonchev–Trinajstić information content (AvgIpc) is 2.85. The summed E-state index contributed by atoms with van der Waals surface area (Å²) >= 11 is 5.92. The second-order valence-corrected chi connectivity index (χ2v) is 9.02. The number of hydrogen-bond donors (Lipinski definition) is 1. The molecule has 1 aliphatic rings. The molecule has 1 N–H and O–H groups in total. The Kier molecular flexibility index (Phi) is 7.66. The normalized spacial score (nSPS) is 14.7. The molecule has 35 heavy (non-hydrogen) atoms. The van der Waals surface area contributed by atoms with Crippen LogP contribution in [0.25, 0.3) is 0 Å². The van der Waals surface area contributed by atoms with E-state index in [0.29, 0.717) is 29.0 Å². The number of anilines is 1. The number of hydrogen-bond acceptors (Lipinski definition) is 5. The second kappa shape index (κ2) is 10.9. The maximum absolute atomic E-state index is 6.30. The average molecular weight is 493 g/mol. The van der Waals surface area contributed by atoms with Gasteiger partial charge in [-0.05, 0) is 91.1 Å². The zero-order chi connectivity index (χ0) is 24.9. The molecule has 0 bridgehead atoms. The number of nitrogens with one attached hydrogen (secondary N) is 1. The first-order chi connectivity index (χ1) is 16.9. The van der Waals surface area contributed by atoms with Gasteiger partial charge in [-0.15, -0.1) is 0 Å². The van der Waals surface area contributed by atoms with E-state index in [-0.39, 0.29) is 6.04 Å². The number of aryl methyl sites for hydroxylation is 2. The molecule has 3 aromatic carbocycles. The van der Waals surface area contributed by atoms with Crippen LogP contribution in [-0.2, 0) is 6.42 Å². The van der Waals surface area contributed by atoms with E-state index in [4.69, 9.17) is 31.2 Å². The molecule has 0 radical (unpaired) electrons. The van der Waals surface area contributed by atoms with Crippen LogP contribution >= 0.6 is 12.2 Å². The number of para-hydroxylation sites is 2. The van der Waals surface area contributed by atoms with Crippen LogP contribution in [-0.4, -0.2) is 44.5 Å². The molecule has 0 saturated heterocycles. The van der Waals surface area contributed by atoms with Crippen molar-refractivity contribution in [1.29, 1.82) is 0 Å². The summed E-state index contributed by atoms with van der Waals surface area (Å²) in [5.41, 5.74) is 5.66. The minimum Gasteiger partial charge on any atom is -0.493 e. The van der Waals surface area contributed by atoms with Crippen LogP contribution in [0, 0.1) is 13.8 Å². The molecule has 0 saturated carbocycles. The van der Waals surface area contributed by atoms with Crippen LogP contribution < -0.4 is 24.3 Å².